The van der Waals surface area contributed by atoms with Gasteiger partial charge in [-0.2, -0.15) is 0 Å². The van der Waals surface area contributed by atoms with Gasteiger partial charge in [-0.25, -0.2) is 0 Å². The first-order valence-electron chi connectivity index (χ1n) is 5.02. The molecule has 0 aromatic heterocycles. The number of rotatable bonds is 5. The van der Waals surface area contributed by atoms with Gasteiger partial charge in [0.25, 0.3) is 5.81 Å². The maximum atomic E-state index is 5.75. The van der Waals surface area contributed by atoms with Crippen LogP contribution in [0.2, 0.25) is 6.04 Å². The molecule has 0 saturated carbocycles. The maximum Gasteiger partial charge on any atom is 0.290 e. The molecular formula is C11H17IOSi. The molecule has 0 N–H and O–H groups in total. The highest BCUT2D eigenvalue weighted by molar-refractivity contribution is 14.1. The van der Waals surface area contributed by atoms with Crippen LogP contribution in [0.15, 0.2) is 30.3 Å². The van der Waals surface area contributed by atoms with Gasteiger partial charge in [0, 0.05) is 7.11 Å². The molecule has 14 heavy (non-hydrogen) atoms. The van der Waals surface area contributed by atoms with Crippen molar-refractivity contribution < 1.29 is 4.43 Å². The maximum absolute atomic E-state index is 5.75. The van der Waals surface area contributed by atoms with Gasteiger partial charge in [-0.3, -0.25) is 0 Å². The minimum atomic E-state index is -1.65. The fourth-order valence-electron chi connectivity index (χ4n) is 1.46. The van der Waals surface area contributed by atoms with E-state index in [1.54, 1.807) is 0 Å². The molecule has 3 heteroatoms. The third-order valence-electron chi connectivity index (χ3n) is 2.38. The van der Waals surface area contributed by atoms with Gasteiger partial charge >= 0.3 is 0 Å². The Kier molecular flexibility index (Phi) is 5.12. The highest BCUT2D eigenvalue weighted by Crippen LogP contribution is 2.22. The van der Waals surface area contributed by atoms with E-state index in [-0.39, 0.29) is 0 Å². The third kappa shape index (κ3) is 3.07. The van der Waals surface area contributed by atoms with Gasteiger partial charge in [0.15, 0.2) is 0 Å². The van der Waals surface area contributed by atoms with Crippen LogP contribution in [-0.4, -0.2) is 12.9 Å². The Morgan fingerprint density at radius 3 is 2.43 bits per heavy atom. The largest absolute Gasteiger partial charge is 0.407 e. The number of hydrogen-bond acceptors (Lipinski definition) is 1. The Hall–Kier alpha value is 0.127. The van der Waals surface area contributed by atoms with E-state index in [4.69, 9.17) is 4.43 Å². The van der Waals surface area contributed by atoms with Gasteiger partial charge in [-0.05, 0) is 11.2 Å². The van der Waals surface area contributed by atoms with Crippen LogP contribution in [0.5, 0.6) is 0 Å². The van der Waals surface area contributed by atoms with Crippen LogP contribution < -0.4 is 5.19 Å². The van der Waals surface area contributed by atoms with E-state index in [1.165, 1.54) is 24.1 Å². The lowest BCUT2D eigenvalue weighted by molar-refractivity contribution is 0.424. The molecule has 0 aliphatic rings. The molecule has 0 aliphatic carbocycles. The predicted octanol–water partition coefficient (Wildman–Crippen LogP) is 3.22. The number of hydrogen-bond donors (Lipinski definition) is 0. The molecule has 1 unspecified atom stereocenters. The number of halogens is 1. The van der Waals surface area contributed by atoms with Crippen molar-refractivity contribution in [2.75, 3.05) is 7.11 Å². The molecule has 0 radical (unpaired) electrons. The van der Waals surface area contributed by atoms with E-state index < -0.39 is 5.81 Å². The summed E-state index contributed by atoms with van der Waals surface area (Å²) in [6.07, 6.45) is 2.51. The quantitative estimate of drug-likeness (QED) is 0.460. The zero-order chi connectivity index (χ0) is 10.4. The van der Waals surface area contributed by atoms with Gasteiger partial charge in [0.05, 0.1) is 0 Å². The first kappa shape index (κ1) is 12.2. The predicted molar refractivity (Wildman–Crippen MR) is 72.6 cm³/mol. The number of benzene rings is 1. The molecule has 0 aliphatic heterocycles. The Morgan fingerprint density at radius 2 is 1.93 bits per heavy atom. The molecule has 1 nitrogen and oxygen atoms in total. The van der Waals surface area contributed by atoms with Crippen LogP contribution in [0.4, 0.5) is 0 Å². The Labute approximate surface area is 100 Å². The molecule has 0 saturated heterocycles. The summed E-state index contributed by atoms with van der Waals surface area (Å²) in [5, 5.41) is 1.40. The summed E-state index contributed by atoms with van der Waals surface area (Å²) in [6, 6.07) is 11.9. The van der Waals surface area contributed by atoms with Crippen molar-refractivity contribution in [3.63, 3.8) is 0 Å². The lowest BCUT2D eigenvalue weighted by atomic mass is 10.4. The third-order valence-corrected chi connectivity index (χ3v) is 10.0. The summed E-state index contributed by atoms with van der Waals surface area (Å²) in [7, 11) is 1.85. The molecule has 1 rings (SSSR count). The average Bonchev–Trinajstić information content (AvgIpc) is 2.27. The van der Waals surface area contributed by atoms with Gasteiger partial charge < -0.3 is 4.43 Å². The van der Waals surface area contributed by atoms with Crippen molar-refractivity contribution in [1.82, 2.24) is 0 Å². The van der Waals surface area contributed by atoms with Crippen molar-refractivity contribution in [1.29, 1.82) is 0 Å². The Morgan fingerprint density at radius 1 is 1.29 bits per heavy atom. The minimum absolute atomic E-state index is 1.21. The fourth-order valence-corrected chi connectivity index (χ4v) is 5.91. The molecule has 0 heterocycles. The summed E-state index contributed by atoms with van der Waals surface area (Å²) < 4.78 is 5.75. The van der Waals surface area contributed by atoms with E-state index in [9.17, 15) is 0 Å². The summed E-state index contributed by atoms with van der Waals surface area (Å²) in [6.45, 7) is 2.23. The lowest BCUT2D eigenvalue weighted by Crippen LogP contribution is -2.43. The SMILES string of the molecule is CCCC[Si](I)(OC)c1ccccc1. The molecule has 1 atom stereocenters. The summed E-state index contributed by atoms with van der Waals surface area (Å²) in [4.78, 5) is 0. The zero-order valence-corrected chi connectivity index (χ0v) is 12.0. The van der Waals surface area contributed by atoms with E-state index in [0.717, 1.165) is 0 Å². The molecule has 0 amide bonds. The van der Waals surface area contributed by atoms with Crippen molar-refractivity contribution in [2.45, 2.75) is 25.8 Å². The normalized spacial score (nSPS) is 15.1. The standard InChI is InChI=1S/C11H17IOSi/c1-3-4-10-14(12,13-2)11-8-6-5-7-9-11/h5-9H,3-4,10H2,1-2H3. The minimum Gasteiger partial charge on any atom is -0.407 e. The topological polar surface area (TPSA) is 9.23 Å². The van der Waals surface area contributed by atoms with Crippen LogP contribution in [-0.2, 0) is 4.43 Å². The summed E-state index contributed by atoms with van der Waals surface area (Å²) >= 11 is 2.54. The monoisotopic (exact) mass is 320 g/mol. The molecule has 78 valence electrons. The highest BCUT2D eigenvalue weighted by atomic mass is 127. The first-order valence-corrected chi connectivity index (χ1v) is 10.3. The second kappa shape index (κ2) is 5.88. The van der Waals surface area contributed by atoms with Gasteiger partial charge in [-0.15, -0.1) is 0 Å². The average molecular weight is 320 g/mol. The van der Waals surface area contributed by atoms with Crippen molar-refractivity contribution >= 4 is 32.8 Å². The van der Waals surface area contributed by atoms with E-state index in [0.29, 0.717) is 0 Å². The molecular weight excluding hydrogens is 303 g/mol. The van der Waals surface area contributed by atoms with Crippen molar-refractivity contribution in [3.8, 4) is 0 Å². The summed E-state index contributed by atoms with van der Waals surface area (Å²) in [5.41, 5.74) is 0. The van der Waals surface area contributed by atoms with Crippen LogP contribution in [0.1, 0.15) is 19.8 Å². The van der Waals surface area contributed by atoms with Crippen molar-refractivity contribution in [2.24, 2.45) is 0 Å². The second-order valence-corrected chi connectivity index (χ2v) is 11.6. The Bertz CT molecular complexity index is 265. The van der Waals surface area contributed by atoms with E-state index in [2.05, 4.69) is 59.1 Å². The Balaban J connectivity index is 2.79. The second-order valence-electron chi connectivity index (χ2n) is 3.40. The molecule has 0 bridgehead atoms. The van der Waals surface area contributed by atoms with Gasteiger partial charge in [0.1, 0.15) is 0 Å². The van der Waals surface area contributed by atoms with E-state index >= 15 is 0 Å². The molecule has 1 aromatic rings. The van der Waals surface area contributed by atoms with Gasteiger partial charge in [-0.1, -0.05) is 71.9 Å². The van der Waals surface area contributed by atoms with Crippen LogP contribution in [0, 0.1) is 0 Å². The number of unbranched alkanes of at least 4 members (excludes halogenated alkanes) is 1. The van der Waals surface area contributed by atoms with E-state index in [1.807, 2.05) is 7.11 Å². The smallest absolute Gasteiger partial charge is 0.290 e. The van der Waals surface area contributed by atoms with Gasteiger partial charge in [0.2, 0.25) is 0 Å². The lowest BCUT2D eigenvalue weighted by Gasteiger charge is -2.23. The molecule has 0 spiro atoms. The van der Waals surface area contributed by atoms with Crippen molar-refractivity contribution in [3.05, 3.63) is 30.3 Å². The molecule has 1 aromatic carbocycles. The highest BCUT2D eigenvalue weighted by Gasteiger charge is 2.31. The van der Waals surface area contributed by atoms with Crippen LogP contribution in [0.25, 0.3) is 0 Å². The van der Waals surface area contributed by atoms with Crippen LogP contribution >= 0.6 is 21.8 Å². The fraction of sp³-hybridized carbons (Fsp3) is 0.455. The summed E-state index contributed by atoms with van der Waals surface area (Å²) in [5.74, 6) is -1.65. The molecule has 0 fully saturated rings. The zero-order valence-electron chi connectivity index (χ0n) is 8.79. The van der Waals surface area contributed by atoms with Crippen LogP contribution in [0.3, 0.4) is 0 Å². The first-order chi connectivity index (χ1) is 6.73.